The molecule has 114 valence electrons. The molecule has 21 heavy (non-hydrogen) atoms. The molecule has 0 N–H and O–H groups in total. The van der Waals surface area contributed by atoms with E-state index in [0.717, 1.165) is 33.8 Å². The number of alkyl halides is 2. The minimum Gasteiger partial charge on any atom is -0.270 e. The molecule has 0 saturated carbocycles. The number of hydrogen-bond donors (Lipinski definition) is 0. The summed E-state index contributed by atoms with van der Waals surface area (Å²) in [6.07, 6.45) is 0.953. The van der Waals surface area contributed by atoms with Crippen molar-refractivity contribution in [3.05, 3.63) is 51.8 Å². The second-order valence-corrected chi connectivity index (χ2v) is 7.36. The normalized spacial score (nSPS) is 11.9. The van der Waals surface area contributed by atoms with E-state index in [4.69, 9.17) is 0 Å². The van der Waals surface area contributed by atoms with Gasteiger partial charge in [0.05, 0.1) is 5.69 Å². The fraction of sp³-hybridized carbons (Fsp3) is 0.438. The van der Waals surface area contributed by atoms with Crippen molar-refractivity contribution in [3.8, 4) is 0 Å². The first-order valence-electron chi connectivity index (χ1n) is 6.96. The van der Waals surface area contributed by atoms with Crippen LogP contribution in [0.2, 0.25) is 0 Å². The largest absolute Gasteiger partial charge is 0.270 e. The van der Waals surface area contributed by atoms with Crippen LogP contribution in [0.5, 0.6) is 0 Å². The van der Waals surface area contributed by atoms with Gasteiger partial charge in [-0.05, 0) is 37.6 Å². The Morgan fingerprint density at radius 2 is 1.90 bits per heavy atom. The fourth-order valence-corrected chi connectivity index (χ4v) is 4.94. The summed E-state index contributed by atoms with van der Waals surface area (Å²) in [6.45, 7) is 5.10. The van der Waals surface area contributed by atoms with Gasteiger partial charge in [-0.2, -0.15) is 5.10 Å². The van der Waals surface area contributed by atoms with E-state index in [1.54, 1.807) is 0 Å². The molecule has 1 aromatic carbocycles. The van der Waals surface area contributed by atoms with Gasteiger partial charge in [-0.3, -0.25) is 4.68 Å². The molecule has 2 aromatic rings. The molecule has 0 aliphatic rings. The summed E-state index contributed by atoms with van der Waals surface area (Å²) in [5, 5.41) is 6.37. The lowest BCUT2D eigenvalue weighted by atomic mass is 9.80. The summed E-state index contributed by atoms with van der Waals surface area (Å²) in [6, 6.07) is 10.8. The summed E-state index contributed by atoms with van der Waals surface area (Å²) in [5.41, 5.74) is 3.71. The second kappa shape index (κ2) is 7.42. The average Bonchev–Trinajstić information content (AvgIpc) is 2.84. The molecule has 5 heteroatoms. The van der Waals surface area contributed by atoms with Crippen molar-refractivity contribution in [2.45, 2.75) is 32.2 Å². The van der Waals surface area contributed by atoms with E-state index in [0.29, 0.717) is 0 Å². The van der Waals surface area contributed by atoms with Crippen LogP contribution in [0, 0.1) is 6.92 Å². The average molecular weight is 479 g/mol. The number of aromatic nitrogens is 2. The standard InChI is InChI=1S/C16H19Br3N2/c1-3-21-15(7-12(2)20-21)9-16(10-17,11-18)13-5-4-6-14(19)8-13/h4-8H,3,9-11H2,1-2H3. The van der Waals surface area contributed by atoms with Gasteiger partial charge in [0, 0.05) is 39.2 Å². The minimum absolute atomic E-state index is 0.0170. The van der Waals surface area contributed by atoms with Crippen molar-refractivity contribution in [1.82, 2.24) is 9.78 Å². The molecule has 0 bridgehead atoms. The second-order valence-electron chi connectivity index (χ2n) is 5.33. The van der Waals surface area contributed by atoms with Crippen molar-refractivity contribution in [3.63, 3.8) is 0 Å². The predicted molar refractivity (Wildman–Crippen MR) is 99.8 cm³/mol. The first-order chi connectivity index (χ1) is 10.0. The highest BCUT2D eigenvalue weighted by Gasteiger charge is 2.32. The quantitative estimate of drug-likeness (QED) is 0.519. The van der Waals surface area contributed by atoms with Crippen LogP contribution in [0.1, 0.15) is 23.9 Å². The number of hydrogen-bond acceptors (Lipinski definition) is 1. The van der Waals surface area contributed by atoms with Crippen LogP contribution in [0.3, 0.4) is 0 Å². The Kier molecular flexibility index (Phi) is 6.09. The fourth-order valence-electron chi connectivity index (χ4n) is 2.57. The molecule has 0 saturated heterocycles. The molecule has 1 heterocycles. The van der Waals surface area contributed by atoms with E-state index in [9.17, 15) is 0 Å². The Morgan fingerprint density at radius 3 is 2.48 bits per heavy atom. The van der Waals surface area contributed by atoms with Crippen LogP contribution in [0.15, 0.2) is 34.8 Å². The number of benzene rings is 1. The SMILES string of the molecule is CCn1nc(C)cc1CC(CBr)(CBr)c1cccc(Br)c1. The molecule has 2 nitrogen and oxygen atoms in total. The number of halogens is 3. The van der Waals surface area contributed by atoms with Crippen molar-refractivity contribution in [2.24, 2.45) is 0 Å². The molecule has 0 aliphatic heterocycles. The van der Waals surface area contributed by atoms with Crippen molar-refractivity contribution in [1.29, 1.82) is 0 Å². The lowest BCUT2D eigenvalue weighted by Crippen LogP contribution is -2.34. The van der Waals surface area contributed by atoms with Crippen molar-refractivity contribution >= 4 is 47.8 Å². The van der Waals surface area contributed by atoms with E-state index < -0.39 is 0 Å². The van der Waals surface area contributed by atoms with Gasteiger partial charge in [0.25, 0.3) is 0 Å². The van der Waals surface area contributed by atoms with Crippen molar-refractivity contribution in [2.75, 3.05) is 10.7 Å². The summed E-state index contributed by atoms with van der Waals surface area (Å²) < 4.78 is 3.22. The summed E-state index contributed by atoms with van der Waals surface area (Å²) in [4.78, 5) is 0. The Hall–Kier alpha value is -0.130. The molecular formula is C16H19Br3N2. The summed E-state index contributed by atoms with van der Waals surface area (Å²) in [5.74, 6) is 0. The van der Waals surface area contributed by atoms with Gasteiger partial charge >= 0.3 is 0 Å². The molecule has 0 fully saturated rings. The molecule has 0 aliphatic carbocycles. The molecule has 0 unspecified atom stereocenters. The zero-order valence-corrected chi connectivity index (χ0v) is 17.0. The first-order valence-corrected chi connectivity index (χ1v) is 9.99. The van der Waals surface area contributed by atoms with Crippen LogP contribution in [0.4, 0.5) is 0 Å². The maximum atomic E-state index is 4.57. The predicted octanol–water partition coefficient (Wildman–Crippen LogP) is 5.24. The van der Waals surface area contributed by atoms with E-state index in [1.807, 2.05) is 0 Å². The van der Waals surface area contributed by atoms with Crippen molar-refractivity contribution < 1.29 is 0 Å². The highest BCUT2D eigenvalue weighted by Crippen LogP contribution is 2.34. The zero-order chi connectivity index (χ0) is 15.5. The third-order valence-corrected chi connectivity index (χ3v) is 6.39. The van der Waals surface area contributed by atoms with Gasteiger partial charge < -0.3 is 0 Å². The Bertz CT molecular complexity index is 603. The van der Waals surface area contributed by atoms with Crippen LogP contribution in [0.25, 0.3) is 0 Å². The maximum Gasteiger partial charge on any atom is 0.0596 e. The monoisotopic (exact) mass is 476 g/mol. The molecular weight excluding hydrogens is 460 g/mol. The minimum atomic E-state index is 0.0170. The molecule has 0 radical (unpaired) electrons. The zero-order valence-electron chi connectivity index (χ0n) is 12.2. The Balaban J connectivity index is 2.42. The van der Waals surface area contributed by atoms with E-state index in [2.05, 4.69) is 102 Å². The first kappa shape index (κ1) is 17.2. The summed E-state index contributed by atoms with van der Waals surface area (Å²) >= 11 is 11.0. The topological polar surface area (TPSA) is 17.8 Å². The van der Waals surface area contributed by atoms with Gasteiger partial charge in [0.2, 0.25) is 0 Å². The maximum absolute atomic E-state index is 4.57. The van der Waals surface area contributed by atoms with E-state index in [-0.39, 0.29) is 5.41 Å². The highest BCUT2D eigenvalue weighted by atomic mass is 79.9. The van der Waals surface area contributed by atoms with Gasteiger partial charge in [-0.1, -0.05) is 59.9 Å². The lowest BCUT2D eigenvalue weighted by molar-refractivity contribution is 0.508. The van der Waals surface area contributed by atoms with Crippen LogP contribution in [-0.2, 0) is 18.4 Å². The van der Waals surface area contributed by atoms with E-state index in [1.165, 1.54) is 11.3 Å². The number of rotatable bonds is 6. The van der Waals surface area contributed by atoms with Crippen LogP contribution in [-0.4, -0.2) is 20.4 Å². The van der Waals surface area contributed by atoms with Gasteiger partial charge in [-0.15, -0.1) is 0 Å². The molecule has 2 rings (SSSR count). The smallest absolute Gasteiger partial charge is 0.0596 e. The van der Waals surface area contributed by atoms with Gasteiger partial charge in [-0.25, -0.2) is 0 Å². The number of aryl methyl sites for hydroxylation is 2. The van der Waals surface area contributed by atoms with Crippen LogP contribution >= 0.6 is 47.8 Å². The van der Waals surface area contributed by atoms with Crippen LogP contribution < -0.4 is 0 Å². The molecule has 0 atom stereocenters. The molecule has 1 aromatic heterocycles. The Morgan fingerprint density at radius 1 is 1.19 bits per heavy atom. The molecule has 0 amide bonds. The highest BCUT2D eigenvalue weighted by molar-refractivity contribution is 9.10. The van der Waals surface area contributed by atoms with Gasteiger partial charge in [0.1, 0.15) is 0 Å². The summed E-state index contributed by atoms with van der Waals surface area (Å²) in [7, 11) is 0. The van der Waals surface area contributed by atoms with E-state index >= 15 is 0 Å². The van der Waals surface area contributed by atoms with Gasteiger partial charge in [0.15, 0.2) is 0 Å². The lowest BCUT2D eigenvalue weighted by Gasteiger charge is -2.31. The number of nitrogens with zero attached hydrogens (tertiary/aromatic N) is 2. The third-order valence-electron chi connectivity index (χ3n) is 3.75. The third kappa shape index (κ3) is 3.80. The molecule has 0 spiro atoms. The Labute approximate surface area is 151 Å².